The van der Waals surface area contributed by atoms with Gasteiger partial charge in [-0.1, -0.05) is 46.3 Å². The minimum absolute atomic E-state index is 0.0712. The Morgan fingerprint density at radius 2 is 1.71 bits per heavy atom. The molecule has 4 nitrogen and oxygen atoms in total. The topological polar surface area (TPSA) is 66.4 Å². The van der Waals surface area contributed by atoms with Gasteiger partial charge in [0.2, 0.25) is 0 Å². The lowest BCUT2D eigenvalue weighted by Crippen LogP contribution is -2.26. The van der Waals surface area contributed by atoms with E-state index in [1.807, 2.05) is 37.3 Å². The maximum atomic E-state index is 12.2. The third-order valence-electron chi connectivity index (χ3n) is 3.05. The van der Waals surface area contributed by atoms with E-state index in [0.717, 1.165) is 5.56 Å². The molecule has 0 aromatic heterocycles. The van der Waals surface area contributed by atoms with Crippen molar-refractivity contribution in [3.63, 3.8) is 0 Å². The first kappa shape index (κ1) is 15.3. The zero-order chi connectivity index (χ0) is 15.4. The summed E-state index contributed by atoms with van der Waals surface area (Å²) < 4.78 is 0.555. The van der Waals surface area contributed by atoms with Crippen molar-refractivity contribution in [1.29, 1.82) is 0 Å². The summed E-state index contributed by atoms with van der Waals surface area (Å²) >= 11 is 3.22. The van der Waals surface area contributed by atoms with E-state index < -0.39 is 5.97 Å². The normalized spacial score (nSPS) is 11.7. The van der Waals surface area contributed by atoms with Gasteiger partial charge in [0, 0.05) is 10.0 Å². The number of halogens is 1. The SMILES string of the molecule is CC(NC(=O)c1cc(Br)cc(C(=O)O)c1)c1ccccc1. The number of benzene rings is 2. The summed E-state index contributed by atoms with van der Waals surface area (Å²) in [6.07, 6.45) is 0. The molecule has 0 bridgehead atoms. The van der Waals surface area contributed by atoms with E-state index in [1.54, 1.807) is 6.07 Å². The van der Waals surface area contributed by atoms with E-state index in [9.17, 15) is 9.59 Å². The van der Waals surface area contributed by atoms with Crippen LogP contribution in [0.5, 0.6) is 0 Å². The van der Waals surface area contributed by atoms with Crippen molar-refractivity contribution in [2.45, 2.75) is 13.0 Å². The van der Waals surface area contributed by atoms with Crippen molar-refractivity contribution in [3.8, 4) is 0 Å². The van der Waals surface area contributed by atoms with Crippen molar-refractivity contribution in [3.05, 3.63) is 69.7 Å². The zero-order valence-electron chi connectivity index (χ0n) is 11.3. The number of carbonyl (C=O) groups is 2. The Kier molecular flexibility index (Phi) is 4.75. The molecule has 21 heavy (non-hydrogen) atoms. The van der Waals surface area contributed by atoms with Crippen LogP contribution in [0.2, 0.25) is 0 Å². The average Bonchev–Trinajstić information content (AvgIpc) is 2.47. The number of nitrogens with one attached hydrogen (secondary N) is 1. The molecule has 2 N–H and O–H groups in total. The van der Waals surface area contributed by atoms with E-state index in [4.69, 9.17) is 5.11 Å². The highest BCUT2D eigenvalue weighted by Crippen LogP contribution is 2.18. The Labute approximate surface area is 130 Å². The second kappa shape index (κ2) is 6.54. The summed E-state index contributed by atoms with van der Waals surface area (Å²) in [6, 6.07) is 13.8. The van der Waals surface area contributed by atoms with Crippen LogP contribution in [0.3, 0.4) is 0 Å². The third kappa shape index (κ3) is 3.92. The van der Waals surface area contributed by atoms with Crippen molar-refractivity contribution < 1.29 is 14.7 Å². The van der Waals surface area contributed by atoms with E-state index in [0.29, 0.717) is 10.0 Å². The molecular formula is C16H14BrNO3. The molecule has 0 radical (unpaired) electrons. The molecule has 108 valence electrons. The molecule has 5 heteroatoms. The Morgan fingerprint density at radius 3 is 2.33 bits per heavy atom. The van der Waals surface area contributed by atoms with Crippen LogP contribution in [-0.4, -0.2) is 17.0 Å². The molecule has 1 atom stereocenters. The maximum Gasteiger partial charge on any atom is 0.335 e. The van der Waals surface area contributed by atoms with Crippen LogP contribution in [-0.2, 0) is 0 Å². The van der Waals surface area contributed by atoms with Gasteiger partial charge in [-0.05, 0) is 30.7 Å². The van der Waals surface area contributed by atoms with Crippen LogP contribution in [0.15, 0.2) is 53.0 Å². The zero-order valence-corrected chi connectivity index (χ0v) is 12.9. The number of carboxylic acid groups (broad SMARTS) is 1. The first-order chi connectivity index (χ1) is 9.97. The molecule has 0 saturated carbocycles. The lowest BCUT2D eigenvalue weighted by molar-refractivity contribution is 0.0697. The number of carboxylic acids is 1. The van der Waals surface area contributed by atoms with Crippen LogP contribution in [0.4, 0.5) is 0 Å². The molecule has 0 aliphatic carbocycles. The molecule has 0 spiro atoms. The fraction of sp³-hybridized carbons (Fsp3) is 0.125. The summed E-state index contributed by atoms with van der Waals surface area (Å²) in [6.45, 7) is 1.88. The van der Waals surface area contributed by atoms with Crippen molar-refractivity contribution in [2.24, 2.45) is 0 Å². The second-order valence-corrected chi connectivity index (χ2v) is 5.56. The van der Waals surface area contributed by atoms with Crippen molar-refractivity contribution >= 4 is 27.8 Å². The predicted molar refractivity (Wildman–Crippen MR) is 83.4 cm³/mol. The van der Waals surface area contributed by atoms with Gasteiger partial charge < -0.3 is 10.4 Å². The summed E-state index contributed by atoms with van der Waals surface area (Å²) in [5, 5.41) is 11.9. The molecule has 2 rings (SSSR count). The quantitative estimate of drug-likeness (QED) is 0.887. The van der Waals surface area contributed by atoms with Gasteiger partial charge in [0.1, 0.15) is 0 Å². The molecule has 2 aromatic carbocycles. The molecular weight excluding hydrogens is 334 g/mol. The largest absolute Gasteiger partial charge is 0.478 e. The van der Waals surface area contributed by atoms with E-state index >= 15 is 0 Å². The maximum absolute atomic E-state index is 12.2. The van der Waals surface area contributed by atoms with Gasteiger partial charge in [0.25, 0.3) is 5.91 Å². The molecule has 0 heterocycles. The number of aromatic carboxylic acids is 1. The Morgan fingerprint density at radius 1 is 1.10 bits per heavy atom. The third-order valence-corrected chi connectivity index (χ3v) is 3.51. The summed E-state index contributed by atoms with van der Waals surface area (Å²) in [7, 11) is 0. The molecule has 2 aromatic rings. The Balaban J connectivity index is 2.19. The monoisotopic (exact) mass is 347 g/mol. The van der Waals surface area contributed by atoms with Gasteiger partial charge >= 0.3 is 5.97 Å². The van der Waals surface area contributed by atoms with Crippen LogP contribution in [0.1, 0.15) is 39.2 Å². The van der Waals surface area contributed by atoms with Crippen LogP contribution >= 0.6 is 15.9 Å². The van der Waals surface area contributed by atoms with Crippen LogP contribution < -0.4 is 5.32 Å². The van der Waals surface area contributed by atoms with Crippen molar-refractivity contribution in [1.82, 2.24) is 5.32 Å². The molecule has 0 saturated heterocycles. The minimum atomic E-state index is -1.07. The summed E-state index contributed by atoms with van der Waals surface area (Å²) in [5.41, 5.74) is 1.37. The smallest absolute Gasteiger partial charge is 0.335 e. The highest BCUT2D eigenvalue weighted by molar-refractivity contribution is 9.10. The summed E-state index contributed by atoms with van der Waals surface area (Å²) in [4.78, 5) is 23.2. The second-order valence-electron chi connectivity index (χ2n) is 4.64. The molecule has 1 unspecified atom stereocenters. The number of hydrogen-bond donors (Lipinski definition) is 2. The van der Waals surface area contributed by atoms with Crippen LogP contribution in [0, 0.1) is 0 Å². The lowest BCUT2D eigenvalue weighted by Gasteiger charge is -2.14. The summed E-state index contributed by atoms with van der Waals surface area (Å²) in [5.74, 6) is -1.38. The first-order valence-corrected chi connectivity index (χ1v) is 7.16. The lowest BCUT2D eigenvalue weighted by atomic mass is 10.1. The van der Waals surface area contributed by atoms with Gasteiger partial charge in [-0.2, -0.15) is 0 Å². The Bertz CT molecular complexity index is 670. The molecule has 0 aliphatic rings. The Hall–Kier alpha value is -2.14. The molecule has 1 amide bonds. The molecule has 0 fully saturated rings. The van der Waals surface area contributed by atoms with Crippen molar-refractivity contribution in [2.75, 3.05) is 0 Å². The fourth-order valence-electron chi connectivity index (χ4n) is 1.95. The minimum Gasteiger partial charge on any atom is -0.478 e. The highest BCUT2D eigenvalue weighted by Gasteiger charge is 2.14. The van der Waals surface area contributed by atoms with Gasteiger partial charge in [-0.15, -0.1) is 0 Å². The molecule has 0 aliphatic heterocycles. The van der Waals surface area contributed by atoms with Gasteiger partial charge in [0.15, 0.2) is 0 Å². The number of carbonyl (C=O) groups excluding carboxylic acids is 1. The first-order valence-electron chi connectivity index (χ1n) is 6.37. The van der Waals surface area contributed by atoms with E-state index in [2.05, 4.69) is 21.2 Å². The standard InChI is InChI=1S/C16H14BrNO3/c1-10(11-5-3-2-4-6-11)18-15(19)12-7-13(16(20)21)9-14(17)8-12/h2-10H,1H3,(H,18,19)(H,20,21). The van der Waals surface area contributed by atoms with E-state index in [-0.39, 0.29) is 17.5 Å². The number of amides is 1. The van der Waals surface area contributed by atoms with Gasteiger partial charge in [-0.25, -0.2) is 4.79 Å². The van der Waals surface area contributed by atoms with Crippen LogP contribution in [0.25, 0.3) is 0 Å². The van der Waals surface area contributed by atoms with Gasteiger partial charge in [0.05, 0.1) is 11.6 Å². The van der Waals surface area contributed by atoms with Gasteiger partial charge in [-0.3, -0.25) is 4.79 Å². The fourth-order valence-corrected chi connectivity index (χ4v) is 2.44. The van der Waals surface area contributed by atoms with E-state index in [1.165, 1.54) is 12.1 Å². The number of hydrogen-bond acceptors (Lipinski definition) is 2. The predicted octanol–water partition coefficient (Wildman–Crippen LogP) is 3.64. The average molecular weight is 348 g/mol. The number of rotatable bonds is 4. The highest BCUT2D eigenvalue weighted by atomic mass is 79.9.